The maximum atomic E-state index is 12.1. The lowest BCUT2D eigenvalue weighted by Crippen LogP contribution is -2.26. The van der Waals surface area contributed by atoms with Crippen molar-refractivity contribution in [3.8, 4) is 0 Å². The largest absolute Gasteiger partial charge is 0.346 e. The van der Waals surface area contributed by atoms with Gasteiger partial charge in [-0.2, -0.15) is 0 Å². The number of nitrogens with one attached hydrogen (secondary N) is 1. The van der Waals surface area contributed by atoms with Crippen molar-refractivity contribution in [3.63, 3.8) is 0 Å². The van der Waals surface area contributed by atoms with Crippen molar-refractivity contribution in [2.75, 3.05) is 0 Å². The van der Waals surface area contributed by atoms with Gasteiger partial charge >= 0.3 is 0 Å². The minimum atomic E-state index is -0.152. The van der Waals surface area contributed by atoms with Gasteiger partial charge in [0.05, 0.1) is 16.1 Å². The smallest absolute Gasteiger partial charge is 0.251 e. The molecule has 2 rings (SSSR count). The third-order valence-electron chi connectivity index (χ3n) is 2.90. The Bertz CT molecular complexity index is 628. The Morgan fingerprint density at radius 2 is 1.75 bits per heavy atom. The van der Waals surface area contributed by atoms with Crippen LogP contribution in [0.4, 0.5) is 0 Å². The van der Waals surface area contributed by atoms with E-state index in [0.717, 1.165) is 10.0 Å². The van der Waals surface area contributed by atoms with E-state index in [9.17, 15) is 4.79 Å². The molecule has 104 valence electrons. The van der Waals surface area contributed by atoms with Crippen LogP contribution in [0.1, 0.15) is 28.9 Å². The molecule has 2 aromatic rings. The van der Waals surface area contributed by atoms with Crippen molar-refractivity contribution in [2.45, 2.75) is 13.0 Å². The number of amides is 1. The first kappa shape index (κ1) is 15.4. The molecular formula is C15H12BrCl2NO. The van der Waals surface area contributed by atoms with E-state index >= 15 is 0 Å². The van der Waals surface area contributed by atoms with Crippen molar-refractivity contribution < 1.29 is 4.79 Å². The molecule has 0 saturated heterocycles. The van der Waals surface area contributed by atoms with E-state index < -0.39 is 0 Å². The first-order valence-electron chi connectivity index (χ1n) is 5.99. The molecule has 20 heavy (non-hydrogen) atoms. The molecule has 1 N–H and O–H groups in total. The highest BCUT2D eigenvalue weighted by Gasteiger charge is 2.12. The van der Waals surface area contributed by atoms with Crippen LogP contribution in [0, 0.1) is 0 Å². The van der Waals surface area contributed by atoms with Gasteiger partial charge in [-0.3, -0.25) is 4.79 Å². The fraction of sp³-hybridized carbons (Fsp3) is 0.133. The van der Waals surface area contributed by atoms with E-state index in [-0.39, 0.29) is 11.9 Å². The van der Waals surface area contributed by atoms with Crippen LogP contribution in [0.25, 0.3) is 0 Å². The van der Waals surface area contributed by atoms with E-state index in [1.54, 1.807) is 24.3 Å². The summed E-state index contributed by atoms with van der Waals surface area (Å²) in [6.07, 6.45) is 0. The molecule has 1 amide bonds. The summed E-state index contributed by atoms with van der Waals surface area (Å²) in [5, 5.41) is 3.90. The van der Waals surface area contributed by atoms with Gasteiger partial charge in [-0.1, -0.05) is 45.2 Å². The SMILES string of the molecule is CC(NC(=O)c1ccc(Br)cc1)c1ccc(Cl)c(Cl)c1. The minimum Gasteiger partial charge on any atom is -0.346 e. The Hall–Kier alpha value is -1.03. The zero-order valence-corrected chi connectivity index (χ0v) is 13.8. The van der Waals surface area contributed by atoms with E-state index in [1.165, 1.54) is 0 Å². The molecule has 0 bridgehead atoms. The molecule has 0 fully saturated rings. The Morgan fingerprint density at radius 1 is 1.10 bits per heavy atom. The van der Waals surface area contributed by atoms with Gasteiger partial charge in [-0.15, -0.1) is 0 Å². The molecular weight excluding hydrogens is 361 g/mol. The van der Waals surface area contributed by atoms with Crippen LogP contribution in [0.3, 0.4) is 0 Å². The van der Waals surface area contributed by atoms with Gasteiger partial charge in [0.2, 0.25) is 0 Å². The molecule has 0 aliphatic carbocycles. The zero-order valence-electron chi connectivity index (χ0n) is 10.7. The van der Waals surface area contributed by atoms with Crippen LogP contribution >= 0.6 is 39.1 Å². The number of halogens is 3. The molecule has 0 aromatic heterocycles. The molecule has 0 aliphatic rings. The van der Waals surface area contributed by atoms with Gasteiger partial charge in [0, 0.05) is 10.0 Å². The van der Waals surface area contributed by atoms with Crippen molar-refractivity contribution >= 4 is 45.0 Å². The van der Waals surface area contributed by atoms with Crippen molar-refractivity contribution in [1.29, 1.82) is 0 Å². The number of rotatable bonds is 3. The highest BCUT2D eigenvalue weighted by atomic mass is 79.9. The molecule has 2 aromatic carbocycles. The number of carbonyl (C=O) groups is 1. The van der Waals surface area contributed by atoms with Gasteiger partial charge in [0.25, 0.3) is 5.91 Å². The Balaban J connectivity index is 2.10. The molecule has 0 aliphatic heterocycles. The number of carbonyl (C=O) groups excluding carboxylic acids is 1. The fourth-order valence-corrected chi connectivity index (χ4v) is 2.32. The minimum absolute atomic E-state index is 0.129. The van der Waals surface area contributed by atoms with Crippen LogP contribution in [0.15, 0.2) is 46.9 Å². The molecule has 5 heteroatoms. The number of hydrogen-bond donors (Lipinski definition) is 1. The van der Waals surface area contributed by atoms with Crippen LogP contribution < -0.4 is 5.32 Å². The lowest BCUT2D eigenvalue weighted by molar-refractivity contribution is 0.0940. The van der Waals surface area contributed by atoms with Gasteiger partial charge in [-0.05, 0) is 48.9 Å². The van der Waals surface area contributed by atoms with Crippen molar-refractivity contribution in [3.05, 3.63) is 68.1 Å². The summed E-state index contributed by atoms with van der Waals surface area (Å²) in [5.41, 5.74) is 1.52. The fourth-order valence-electron chi connectivity index (χ4n) is 1.75. The van der Waals surface area contributed by atoms with E-state index in [2.05, 4.69) is 21.2 Å². The van der Waals surface area contributed by atoms with Crippen LogP contribution in [-0.2, 0) is 0 Å². The summed E-state index contributed by atoms with van der Waals surface area (Å²) in [6, 6.07) is 12.4. The molecule has 0 heterocycles. The van der Waals surface area contributed by atoms with E-state index in [4.69, 9.17) is 23.2 Å². The predicted molar refractivity (Wildman–Crippen MR) is 86.5 cm³/mol. The molecule has 1 atom stereocenters. The highest BCUT2D eigenvalue weighted by molar-refractivity contribution is 9.10. The lowest BCUT2D eigenvalue weighted by atomic mass is 10.1. The van der Waals surface area contributed by atoms with Crippen LogP contribution in [-0.4, -0.2) is 5.91 Å². The topological polar surface area (TPSA) is 29.1 Å². The van der Waals surface area contributed by atoms with Crippen LogP contribution in [0.2, 0.25) is 10.0 Å². The van der Waals surface area contributed by atoms with E-state index in [1.807, 2.05) is 25.1 Å². The summed E-state index contributed by atoms with van der Waals surface area (Å²) < 4.78 is 0.937. The first-order chi connectivity index (χ1) is 9.47. The van der Waals surface area contributed by atoms with Gasteiger partial charge in [-0.25, -0.2) is 0 Å². The summed E-state index contributed by atoms with van der Waals surface area (Å²) in [4.78, 5) is 12.1. The Labute approximate surface area is 136 Å². The number of benzene rings is 2. The maximum absolute atomic E-state index is 12.1. The summed E-state index contributed by atoms with van der Waals surface area (Å²) in [5.74, 6) is -0.129. The number of hydrogen-bond acceptors (Lipinski definition) is 1. The second-order valence-corrected chi connectivity index (χ2v) is 6.11. The van der Waals surface area contributed by atoms with Crippen LogP contribution in [0.5, 0.6) is 0 Å². The predicted octanol–water partition coefficient (Wildman–Crippen LogP) is 5.25. The molecule has 0 spiro atoms. The highest BCUT2D eigenvalue weighted by Crippen LogP contribution is 2.25. The van der Waals surface area contributed by atoms with E-state index in [0.29, 0.717) is 15.6 Å². The second kappa shape index (κ2) is 6.61. The standard InChI is InChI=1S/C15H12BrCl2NO/c1-9(11-4-7-13(17)14(18)8-11)19-15(20)10-2-5-12(16)6-3-10/h2-9H,1H3,(H,19,20). The maximum Gasteiger partial charge on any atom is 0.251 e. The summed E-state index contributed by atoms with van der Waals surface area (Å²) in [7, 11) is 0. The first-order valence-corrected chi connectivity index (χ1v) is 7.53. The Morgan fingerprint density at radius 3 is 2.35 bits per heavy atom. The zero-order chi connectivity index (χ0) is 14.7. The average molecular weight is 373 g/mol. The molecule has 0 radical (unpaired) electrons. The van der Waals surface area contributed by atoms with Crippen molar-refractivity contribution in [1.82, 2.24) is 5.32 Å². The average Bonchev–Trinajstić information content (AvgIpc) is 2.42. The lowest BCUT2D eigenvalue weighted by Gasteiger charge is -2.15. The quantitative estimate of drug-likeness (QED) is 0.783. The van der Waals surface area contributed by atoms with Gasteiger partial charge in [0.1, 0.15) is 0 Å². The third-order valence-corrected chi connectivity index (χ3v) is 4.17. The second-order valence-electron chi connectivity index (χ2n) is 4.38. The third kappa shape index (κ3) is 3.75. The summed E-state index contributed by atoms with van der Waals surface area (Å²) in [6.45, 7) is 1.90. The monoisotopic (exact) mass is 371 g/mol. The van der Waals surface area contributed by atoms with Crippen molar-refractivity contribution in [2.24, 2.45) is 0 Å². The summed E-state index contributed by atoms with van der Waals surface area (Å²) >= 11 is 15.2. The van der Waals surface area contributed by atoms with Gasteiger partial charge in [0.15, 0.2) is 0 Å². The normalized spacial score (nSPS) is 12.0. The molecule has 2 nitrogen and oxygen atoms in total. The molecule has 0 saturated carbocycles. The Kier molecular flexibility index (Phi) is 5.08. The van der Waals surface area contributed by atoms with Gasteiger partial charge < -0.3 is 5.32 Å². The molecule has 1 unspecified atom stereocenters.